The number of hydrogen-bond donors (Lipinski definition) is 0. The Labute approximate surface area is 102 Å². The second-order valence-corrected chi connectivity index (χ2v) is 4.25. The van der Waals surface area contributed by atoms with Crippen LogP contribution in [-0.4, -0.2) is 12.6 Å². The molecule has 0 atom stereocenters. The first-order valence-corrected chi connectivity index (χ1v) is 5.58. The van der Waals surface area contributed by atoms with E-state index >= 15 is 0 Å². The van der Waals surface area contributed by atoms with Gasteiger partial charge < -0.3 is 0 Å². The molecule has 0 aliphatic rings. The lowest BCUT2D eigenvalue weighted by molar-refractivity contribution is -0.266. The van der Waals surface area contributed by atoms with Gasteiger partial charge in [-0.15, -0.1) is 0 Å². The summed E-state index contributed by atoms with van der Waals surface area (Å²) in [5, 5.41) is 0. The Bertz CT molecular complexity index is 393. The molecule has 3 nitrogen and oxygen atoms in total. The molecule has 17 heavy (non-hydrogen) atoms. The third kappa shape index (κ3) is 3.17. The molecule has 0 unspecified atom stereocenters. The van der Waals surface area contributed by atoms with Gasteiger partial charge >= 0.3 is 5.97 Å². The minimum atomic E-state index is -0.527. The van der Waals surface area contributed by atoms with Crippen LogP contribution >= 0.6 is 0 Å². The summed E-state index contributed by atoms with van der Waals surface area (Å²) >= 11 is 0. The van der Waals surface area contributed by atoms with Gasteiger partial charge in [0.25, 0.3) is 0 Å². The standard InChI is InChI=1S/C14H18O3/c1-5-16-17-13(15)11(2)14(3,4)12-9-7-6-8-10-12/h6-10H,2,5H2,1,3-4H3. The molecule has 3 heteroatoms. The van der Waals surface area contributed by atoms with Gasteiger partial charge in [-0.05, 0) is 12.5 Å². The molecule has 0 bridgehead atoms. The van der Waals surface area contributed by atoms with E-state index in [1.54, 1.807) is 6.92 Å². The van der Waals surface area contributed by atoms with Gasteiger partial charge in [0.15, 0.2) is 0 Å². The maximum Gasteiger partial charge on any atom is 0.369 e. The van der Waals surface area contributed by atoms with Crippen LogP contribution in [0.25, 0.3) is 0 Å². The molecule has 0 aliphatic heterocycles. The summed E-state index contributed by atoms with van der Waals surface area (Å²) < 4.78 is 0. The Hall–Kier alpha value is -1.61. The van der Waals surface area contributed by atoms with Crippen molar-refractivity contribution >= 4 is 5.97 Å². The summed E-state index contributed by atoms with van der Waals surface area (Å²) in [6.45, 7) is 9.73. The van der Waals surface area contributed by atoms with Crippen LogP contribution in [0.1, 0.15) is 26.3 Å². The van der Waals surface area contributed by atoms with Crippen molar-refractivity contribution in [3.63, 3.8) is 0 Å². The van der Waals surface area contributed by atoms with E-state index in [0.717, 1.165) is 5.56 Å². The molecule has 0 heterocycles. The van der Waals surface area contributed by atoms with E-state index in [4.69, 9.17) is 0 Å². The zero-order valence-electron chi connectivity index (χ0n) is 10.5. The predicted molar refractivity (Wildman–Crippen MR) is 66.3 cm³/mol. The normalized spacial score (nSPS) is 11.0. The summed E-state index contributed by atoms with van der Waals surface area (Å²) in [6, 6.07) is 9.70. The van der Waals surface area contributed by atoms with E-state index in [0.29, 0.717) is 12.2 Å². The van der Waals surface area contributed by atoms with Gasteiger partial charge in [0, 0.05) is 11.0 Å². The molecule has 0 fully saturated rings. The zero-order chi connectivity index (χ0) is 12.9. The average Bonchev–Trinajstić information content (AvgIpc) is 2.36. The second kappa shape index (κ2) is 5.64. The minimum absolute atomic E-state index is 0.324. The van der Waals surface area contributed by atoms with Crippen LogP contribution in [0.4, 0.5) is 0 Å². The fraction of sp³-hybridized carbons (Fsp3) is 0.357. The van der Waals surface area contributed by atoms with Gasteiger partial charge in [0.05, 0.1) is 6.61 Å². The van der Waals surface area contributed by atoms with Gasteiger partial charge in [-0.3, -0.25) is 4.89 Å². The van der Waals surface area contributed by atoms with Crippen molar-refractivity contribution < 1.29 is 14.6 Å². The highest BCUT2D eigenvalue weighted by Crippen LogP contribution is 2.30. The summed E-state index contributed by atoms with van der Waals surface area (Å²) in [5.74, 6) is -0.527. The lowest BCUT2D eigenvalue weighted by Crippen LogP contribution is -2.26. The SMILES string of the molecule is C=C(C(=O)OOCC)C(C)(C)c1ccccc1. The number of benzene rings is 1. The smallest absolute Gasteiger partial charge is 0.293 e. The van der Waals surface area contributed by atoms with Crippen LogP contribution in [0.15, 0.2) is 42.5 Å². The second-order valence-electron chi connectivity index (χ2n) is 4.25. The zero-order valence-corrected chi connectivity index (χ0v) is 10.5. The highest BCUT2D eigenvalue weighted by molar-refractivity contribution is 5.90. The molecule has 1 rings (SSSR count). The van der Waals surface area contributed by atoms with Gasteiger partial charge in [0.2, 0.25) is 0 Å². The van der Waals surface area contributed by atoms with E-state index < -0.39 is 11.4 Å². The maximum absolute atomic E-state index is 11.7. The lowest BCUT2D eigenvalue weighted by atomic mass is 9.78. The van der Waals surface area contributed by atoms with Gasteiger partial charge in [0.1, 0.15) is 0 Å². The van der Waals surface area contributed by atoms with Crippen molar-refractivity contribution in [2.75, 3.05) is 6.61 Å². The molecule has 0 saturated heterocycles. The first kappa shape index (κ1) is 13.5. The Morgan fingerprint density at radius 1 is 1.29 bits per heavy atom. The molecule has 0 spiro atoms. The fourth-order valence-electron chi connectivity index (χ4n) is 1.45. The third-order valence-corrected chi connectivity index (χ3v) is 2.75. The molecule has 0 aromatic heterocycles. The van der Waals surface area contributed by atoms with Crippen molar-refractivity contribution in [3.8, 4) is 0 Å². The predicted octanol–water partition coefficient (Wildman–Crippen LogP) is 3.02. The molecule has 0 saturated carbocycles. The van der Waals surface area contributed by atoms with Crippen molar-refractivity contribution in [1.82, 2.24) is 0 Å². The lowest BCUT2D eigenvalue weighted by Gasteiger charge is -2.25. The summed E-state index contributed by atoms with van der Waals surface area (Å²) in [4.78, 5) is 20.9. The van der Waals surface area contributed by atoms with E-state index in [1.165, 1.54) is 0 Å². The first-order chi connectivity index (χ1) is 8.00. The largest absolute Gasteiger partial charge is 0.369 e. The van der Waals surface area contributed by atoms with E-state index in [1.807, 2.05) is 44.2 Å². The highest BCUT2D eigenvalue weighted by atomic mass is 17.2. The number of rotatable bonds is 5. The van der Waals surface area contributed by atoms with E-state index in [9.17, 15) is 4.79 Å². The quantitative estimate of drug-likeness (QED) is 0.446. The van der Waals surface area contributed by atoms with Crippen LogP contribution in [0, 0.1) is 0 Å². The van der Waals surface area contributed by atoms with Gasteiger partial charge in [-0.2, -0.15) is 4.89 Å². The molecular weight excluding hydrogens is 216 g/mol. The topological polar surface area (TPSA) is 35.5 Å². The molecule has 0 aliphatic carbocycles. The Kier molecular flexibility index (Phi) is 4.46. The van der Waals surface area contributed by atoms with Crippen LogP contribution in [-0.2, 0) is 20.0 Å². The molecule has 0 radical (unpaired) electrons. The number of carbonyl (C=O) groups is 1. The third-order valence-electron chi connectivity index (χ3n) is 2.75. The van der Waals surface area contributed by atoms with Gasteiger partial charge in [-0.25, -0.2) is 4.79 Å². The maximum atomic E-state index is 11.7. The monoisotopic (exact) mass is 234 g/mol. The molecular formula is C14H18O3. The van der Waals surface area contributed by atoms with Gasteiger partial charge in [-0.1, -0.05) is 50.8 Å². The Morgan fingerprint density at radius 3 is 2.41 bits per heavy atom. The molecule has 92 valence electrons. The fourth-order valence-corrected chi connectivity index (χ4v) is 1.45. The summed E-state index contributed by atoms with van der Waals surface area (Å²) in [5.41, 5.74) is 0.908. The van der Waals surface area contributed by atoms with Crippen LogP contribution in [0.2, 0.25) is 0 Å². The van der Waals surface area contributed by atoms with Crippen molar-refractivity contribution in [2.45, 2.75) is 26.2 Å². The van der Waals surface area contributed by atoms with Crippen LogP contribution < -0.4 is 0 Å². The Balaban J connectivity index is 2.84. The number of carbonyl (C=O) groups excluding carboxylic acids is 1. The first-order valence-electron chi connectivity index (χ1n) is 5.58. The van der Waals surface area contributed by atoms with Crippen LogP contribution in [0.5, 0.6) is 0 Å². The average molecular weight is 234 g/mol. The molecule has 1 aromatic rings. The Morgan fingerprint density at radius 2 is 1.88 bits per heavy atom. The minimum Gasteiger partial charge on any atom is -0.293 e. The highest BCUT2D eigenvalue weighted by Gasteiger charge is 2.30. The van der Waals surface area contributed by atoms with Crippen molar-refractivity contribution in [3.05, 3.63) is 48.0 Å². The molecule has 1 aromatic carbocycles. The van der Waals surface area contributed by atoms with Crippen molar-refractivity contribution in [1.29, 1.82) is 0 Å². The summed E-state index contributed by atoms with van der Waals surface area (Å²) in [6.07, 6.45) is 0. The van der Waals surface area contributed by atoms with Crippen molar-refractivity contribution in [2.24, 2.45) is 0 Å². The molecule has 0 amide bonds. The van der Waals surface area contributed by atoms with Crippen LogP contribution in [0.3, 0.4) is 0 Å². The van der Waals surface area contributed by atoms with E-state index in [-0.39, 0.29) is 0 Å². The number of hydrogen-bond acceptors (Lipinski definition) is 3. The van der Waals surface area contributed by atoms with E-state index in [2.05, 4.69) is 16.4 Å². The summed E-state index contributed by atoms with van der Waals surface area (Å²) in [7, 11) is 0. The molecule has 0 N–H and O–H groups in total.